The van der Waals surface area contributed by atoms with Crippen LogP contribution in [0.5, 0.6) is 11.5 Å². The predicted octanol–water partition coefficient (Wildman–Crippen LogP) is 4.22. The number of hydrogen-bond acceptors (Lipinski definition) is 6. The van der Waals surface area contributed by atoms with E-state index in [1.165, 1.54) is 0 Å². The number of nitrogens with one attached hydrogen (secondary N) is 1. The van der Waals surface area contributed by atoms with Crippen LogP contribution in [0, 0.1) is 0 Å². The van der Waals surface area contributed by atoms with Crippen molar-refractivity contribution in [2.45, 2.75) is 25.8 Å². The third-order valence-corrected chi connectivity index (χ3v) is 4.67. The van der Waals surface area contributed by atoms with Gasteiger partial charge in [0, 0.05) is 29.0 Å². The molecule has 0 aliphatic carbocycles. The maximum Gasteiger partial charge on any atom is 0.227 e. The van der Waals surface area contributed by atoms with Gasteiger partial charge in [0.1, 0.15) is 11.5 Å². The highest BCUT2D eigenvalue weighted by Crippen LogP contribution is 2.29. The zero-order chi connectivity index (χ0) is 20.8. The molecule has 0 aliphatic heterocycles. The van der Waals surface area contributed by atoms with Crippen LogP contribution in [0.15, 0.2) is 47.0 Å². The van der Waals surface area contributed by atoms with Crippen molar-refractivity contribution in [1.29, 1.82) is 0 Å². The number of amides is 1. The van der Waals surface area contributed by atoms with E-state index in [2.05, 4.69) is 15.5 Å². The molecular weight excluding hydrogens is 394 g/mol. The summed E-state index contributed by atoms with van der Waals surface area (Å²) in [4.78, 5) is 16.7. The first-order valence-electron chi connectivity index (χ1n) is 9.10. The Balaban J connectivity index is 1.58. The summed E-state index contributed by atoms with van der Waals surface area (Å²) in [5.41, 5.74) is 1.63. The molecule has 7 nitrogen and oxygen atoms in total. The lowest BCUT2D eigenvalue weighted by Gasteiger charge is -2.18. The van der Waals surface area contributed by atoms with Crippen LogP contribution in [0.3, 0.4) is 0 Å². The number of carbonyl (C=O) groups is 1. The Labute approximate surface area is 174 Å². The third-order valence-electron chi connectivity index (χ3n) is 4.42. The van der Waals surface area contributed by atoms with E-state index in [0.717, 1.165) is 11.1 Å². The fraction of sp³-hybridized carbons (Fsp3) is 0.286. The monoisotopic (exact) mass is 415 g/mol. The first kappa shape index (κ1) is 20.7. The predicted molar refractivity (Wildman–Crippen MR) is 109 cm³/mol. The smallest absolute Gasteiger partial charge is 0.227 e. The van der Waals surface area contributed by atoms with Crippen LogP contribution in [0.25, 0.3) is 11.4 Å². The van der Waals surface area contributed by atoms with Crippen LogP contribution >= 0.6 is 11.6 Å². The van der Waals surface area contributed by atoms with Gasteiger partial charge in [-0.25, -0.2) is 0 Å². The molecule has 0 saturated carbocycles. The van der Waals surface area contributed by atoms with E-state index >= 15 is 0 Å². The summed E-state index contributed by atoms with van der Waals surface area (Å²) in [5, 5.41) is 7.55. The van der Waals surface area contributed by atoms with Crippen molar-refractivity contribution in [3.05, 3.63) is 58.9 Å². The molecule has 1 atom stereocenters. The van der Waals surface area contributed by atoms with E-state index in [1.54, 1.807) is 26.4 Å². The summed E-state index contributed by atoms with van der Waals surface area (Å²) in [6, 6.07) is 12.4. The zero-order valence-electron chi connectivity index (χ0n) is 16.4. The number of nitrogens with zero attached hydrogens (tertiary/aromatic N) is 2. The maximum absolute atomic E-state index is 12.4. The summed E-state index contributed by atoms with van der Waals surface area (Å²) in [6.45, 7) is 1.89. The highest BCUT2D eigenvalue weighted by Gasteiger charge is 2.16. The SMILES string of the molecule is COc1ccc(OC)c([C@H](C)NC(=O)CCc2nc(-c3ccc(Cl)cc3)no2)c1. The molecule has 0 fully saturated rings. The van der Waals surface area contributed by atoms with Gasteiger partial charge in [-0.1, -0.05) is 16.8 Å². The summed E-state index contributed by atoms with van der Waals surface area (Å²) in [5.74, 6) is 2.11. The van der Waals surface area contributed by atoms with Gasteiger partial charge >= 0.3 is 0 Å². The number of hydrogen-bond donors (Lipinski definition) is 1. The summed E-state index contributed by atoms with van der Waals surface area (Å²) in [6.07, 6.45) is 0.563. The number of rotatable bonds is 8. The largest absolute Gasteiger partial charge is 0.497 e. The third kappa shape index (κ3) is 5.26. The summed E-state index contributed by atoms with van der Waals surface area (Å²) < 4.78 is 15.9. The van der Waals surface area contributed by atoms with Crippen molar-refractivity contribution < 1.29 is 18.8 Å². The molecular formula is C21H22ClN3O4. The highest BCUT2D eigenvalue weighted by molar-refractivity contribution is 6.30. The Hall–Kier alpha value is -3.06. The van der Waals surface area contributed by atoms with E-state index in [9.17, 15) is 4.79 Å². The Bertz CT molecular complexity index is 972. The number of aryl methyl sites for hydroxylation is 1. The van der Waals surface area contributed by atoms with Gasteiger partial charge in [-0.05, 0) is 49.4 Å². The van der Waals surface area contributed by atoms with Crippen molar-refractivity contribution in [2.24, 2.45) is 0 Å². The minimum absolute atomic E-state index is 0.131. The number of aromatic nitrogens is 2. The first-order valence-corrected chi connectivity index (χ1v) is 9.47. The van der Waals surface area contributed by atoms with Crippen molar-refractivity contribution in [1.82, 2.24) is 15.5 Å². The normalized spacial score (nSPS) is 11.7. The molecule has 1 amide bonds. The Morgan fingerprint density at radius 3 is 2.62 bits per heavy atom. The molecule has 0 aliphatic rings. The van der Waals surface area contributed by atoms with E-state index in [1.807, 2.05) is 37.3 Å². The molecule has 1 N–H and O–H groups in total. The second kappa shape index (κ2) is 9.43. The van der Waals surface area contributed by atoms with Crippen LogP contribution in [0.4, 0.5) is 0 Å². The minimum Gasteiger partial charge on any atom is -0.497 e. The molecule has 1 heterocycles. The van der Waals surface area contributed by atoms with Gasteiger partial charge in [-0.2, -0.15) is 4.98 Å². The Kier molecular flexibility index (Phi) is 6.72. The first-order chi connectivity index (χ1) is 14.0. The maximum atomic E-state index is 12.4. The quantitative estimate of drug-likeness (QED) is 0.592. The molecule has 3 rings (SSSR count). The molecule has 0 saturated heterocycles. The Morgan fingerprint density at radius 2 is 1.93 bits per heavy atom. The van der Waals surface area contributed by atoms with Crippen molar-refractivity contribution in [3.63, 3.8) is 0 Å². The van der Waals surface area contributed by atoms with Crippen LogP contribution in [0.1, 0.15) is 30.8 Å². The van der Waals surface area contributed by atoms with Gasteiger partial charge in [-0.15, -0.1) is 0 Å². The van der Waals surface area contributed by atoms with Crippen molar-refractivity contribution in [2.75, 3.05) is 14.2 Å². The molecule has 152 valence electrons. The van der Waals surface area contributed by atoms with E-state index in [-0.39, 0.29) is 18.4 Å². The van der Waals surface area contributed by atoms with Gasteiger partial charge in [0.05, 0.1) is 20.3 Å². The highest BCUT2D eigenvalue weighted by atomic mass is 35.5. The average Bonchev–Trinajstić information content (AvgIpc) is 3.21. The number of carbonyl (C=O) groups excluding carboxylic acids is 1. The lowest BCUT2D eigenvalue weighted by atomic mass is 10.1. The molecule has 0 radical (unpaired) electrons. The van der Waals surface area contributed by atoms with Gasteiger partial charge in [0.15, 0.2) is 0 Å². The molecule has 0 bridgehead atoms. The molecule has 0 unspecified atom stereocenters. The van der Waals surface area contributed by atoms with Gasteiger partial charge in [0.2, 0.25) is 17.6 Å². The number of benzene rings is 2. The molecule has 3 aromatic rings. The number of ether oxygens (including phenoxy) is 2. The lowest BCUT2D eigenvalue weighted by Crippen LogP contribution is -2.27. The van der Waals surface area contributed by atoms with Crippen LogP contribution in [0.2, 0.25) is 5.02 Å². The minimum atomic E-state index is -0.250. The van der Waals surface area contributed by atoms with Crippen LogP contribution in [-0.2, 0) is 11.2 Å². The summed E-state index contributed by atoms with van der Waals surface area (Å²) in [7, 11) is 3.19. The number of methoxy groups -OCH3 is 2. The molecule has 1 aromatic heterocycles. The van der Waals surface area contributed by atoms with Crippen LogP contribution < -0.4 is 14.8 Å². The topological polar surface area (TPSA) is 86.5 Å². The molecule has 2 aromatic carbocycles. The molecule has 29 heavy (non-hydrogen) atoms. The fourth-order valence-corrected chi connectivity index (χ4v) is 2.99. The van der Waals surface area contributed by atoms with Crippen molar-refractivity contribution >= 4 is 17.5 Å². The van der Waals surface area contributed by atoms with E-state index < -0.39 is 0 Å². The summed E-state index contributed by atoms with van der Waals surface area (Å²) >= 11 is 5.89. The lowest BCUT2D eigenvalue weighted by molar-refractivity contribution is -0.121. The number of halogens is 1. The molecule has 8 heteroatoms. The van der Waals surface area contributed by atoms with Gasteiger partial charge < -0.3 is 19.3 Å². The molecule has 0 spiro atoms. The second-order valence-corrected chi connectivity index (χ2v) is 6.85. The van der Waals surface area contributed by atoms with Gasteiger partial charge in [-0.3, -0.25) is 4.79 Å². The fourth-order valence-electron chi connectivity index (χ4n) is 2.86. The Morgan fingerprint density at radius 1 is 1.17 bits per heavy atom. The van der Waals surface area contributed by atoms with Crippen LogP contribution in [-0.4, -0.2) is 30.3 Å². The standard InChI is InChI=1S/C21H22ClN3O4/c1-13(17-12-16(27-2)8-9-18(17)28-3)23-19(26)10-11-20-24-21(25-29-20)14-4-6-15(22)7-5-14/h4-9,12-13H,10-11H2,1-3H3,(H,23,26)/t13-/m0/s1. The van der Waals surface area contributed by atoms with Crippen molar-refractivity contribution in [3.8, 4) is 22.9 Å². The zero-order valence-corrected chi connectivity index (χ0v) is 17.2. The second-order valence-electron chi connectivity index (χ2n) is 6.42. The van der Waals surface area contributed by atoms with Gasteiger partial charge in [0.25, 0.3) is 0 Å². The average molecular weight is 416 g/mol. The van der Waals surface area contributed by atoms with E-state index in [4.69, 9.17) is 25.6 Å². The van der Waals surface area contributed by atoms with E-state index in [0.29, 0.717) is 34.7 Å².